The van der Waals surface area contributed by atoms with Gasteiger partial charge in [-0.05, 0) is 32.3 Å². The van der Waals surface area contributed by atoms with E-state index in [-0.39, 0.29) is 0 Å². The van der Waals surface area contributed by atoms with E-state index in [0.717, 1.165) is 17.1 Å². The summed E-state index contributed by atoms with van der Waals surface area (Å²) in [5, 5.41) is 12.0. The van der Waals surface area contributed by atoms with E-state index in [0.29, 0.717) is 12.6 Å². The highest BCUT2D eigenvalue weighted by Crippen LogP contribution is 2.24. The van der Waals surface area contributed by atoms with Gasteiger partial charge in [0.05, 0.1) is 5.69 Å². The smallest absolute Gasteiger partial charge is 0.153 e. The Morgan fingerprint density at radius 2 is 1.88 bits per heavy atom. The van der Waals surface area contributed by atoms with Crippen LogP contribution in [0.15, 0.2) is 0 Å². The van der Waals surface area contributed by atoms with Gasteiger partial charge < -0.3 is 11.1 Å². The Kier molecular flexibility index (Phi) is 3.94. The third-order valence-electron chi connectivity index (χ3n) is 3.73. The normalized spacial score (nSPS) is 17.1. The Bertz CT molecular complexity index is 383. The fraction of sp³-hybridized carbons (Fsp3) is 0.692. The first kappa shape index (κ1) is 12.3. The van der Waals surface area contributed by atoms with Gasteiger partial charge in [0.2, 0.25) is 0 Å². The van der Waals surface area contributed by atoms with Crippen LogP contribution in [-0.2, 0) is 6.54 Å². The molecule has 0 radical (unpaired) electrons. The molecule has 1 heterocycles. The van der Waals surface area contributed by atoms with Crippen LogP contribution in [0.25, 0.3) is 0 Å². The average molecular weight is 234 g/mol. The molecule has 1 aliphatic rings. The van der Waals surface area contributed by atoms with Crippen molar-refractivity contribution >= 4 is 5.82 Å². The van der Waals surface area contributed by atoms with E-state index in [4.69, 9.17) is 5.73 Å². The van der Waals surface area contributed by atoms with Gasteiger partial charge in [-0.3, -0.25) is 0 Å². The molecule has 1 fully saturated rings. The van der Waals surface area contributed by atoms with Gasteiger partial charge in [0, 0.05) is 18.2 Å². The highest BCUT2D eigenvalue weighted by atomic mass is 15.2. The SMILES string of the molecule is Cc1nnc(NC2CCCCC2)c(CN)c1C. The van der Waals surface area contributed by atoms with Gasteiger partial charge in [-0.1, -0.05) is 19.3 Å². The molecule has 0 aromatic carbocycles. The van der Waals surface area contributed by atoms with E-state index in [1.165, 1.54) is 37.7 Å². The van der Waals surface area contributed by atoms with Crippen LogP contribution in [0.3, 0.4) is 0 Å². The summed E-state index contributed by atoms with van der Waals surface area (Å²) in [6.07, 6.45) is 6.46. The van der Waals surface area contributed by atoms with Crippen molar-refractivity contribution in [3.8, 4) is 0 Å². The van der Waals surface area contributed by atoms with Crippen molar-refractivity contribution in [2.45, 2.75) is 58.5 Å². The molecule has 0 saturated heterocycles. The zero-order chi connectivity index (χ0) is 12.3. The van der Waals surface area contributed by atoms with E-state index in [2.05, 4.69) is 22.4 Å². The number of aryl methyl sites for hydroxylation is 1. The summed E-state index contributed by atoms with van der Waals surface area (Å²) >= 11 is 0. The summed E-state index contributed by atoms with van der Waals surface area (Å²) in [6, 6.07) is 0.547. The van der Waals surface area contributed by atoms with Crippen molar-refractivity contribution in [2.24, 2.45) is 5.73 Å². The lowest BCUT2D eigenvalue weighted by molar-refractivity contribution is 0.461. The van der Waals surface area contributed by atoms with Crippen molar-refractivity contribution in [1.82, 2.24) is 10.2 Å². The summed E-state index contributed by atoms with van der Waals surface area (Å²) in [5.41, 5.74) is 9.07. The molecule has 17 heavy (non-hydrogen) atoms. The molecular weight excluding hydrogens is 212 g/mol. The monoisotopic (exact) mass is 234 g/mol. The van der Waals surface area contributed by atoms with Crippen LogP contribution in [-0.4, -0.2) is 16.2 Å². The summed E-state index contributed by atoms with van der Waals surface area (Å²) in [6.45, 7) is 4.57. The van der Waals surface area contributed by atoms with Crippen molar-refractivity contribution in [1.29, 1.82) is 0 Å². The zero-order valence-corrected chi connectivity index (χ0v) is 10.8. The molecule has 0 unspecified atom stereocenters. The highest BCUT2D eigenvalue weighted by Gasteiger charge is 2.16. The summed E-state index contributed by atoms with van der Waals surface area (Å²) in [4.78, 5) is 0. The predicted molar refractivity (Wildman–Crippen MR) is 69.9 cm³/mol. The molecule has 0 aliphatic heterocycles. The topological polar surface area (TPSA) is 63.8 Å². The second-order valence-corrected chi connectivity index (χ2v) is 4.92. The summed E-state index contributed by atoms with van der Waals surface area (Å²) < 4.78 is 0. The molecule has 0 atom stereocenters. The van der Waals surface area contributed by atoms with E-state index >= 15 is 0 Å². The van der Waals surface area contributed by atoms with Gasteiger partial charge >= 0.3 is 0 Å². The quantitative estimate of drug-likeness (QED) is 0.842. The van der Waals surface area contributed by atoms with Gasteiger partial charge in [-0.15, -0.1) is 5.10 Å². The number of hydrogen-bond donors (Lipinski definition) is 2. The maximum absolute atomic E-state index is 5.82. The van der Waals surface area contributed by atoms with E-state index < -0.39 is 0 Å². The van der Waals surface area contributed by atoms with Gasteiger partial charge in [0.25, 0.3) is 0 Å². The first-order valence-corrected chi connectivity index (χ1v) is 6.51. The second kappa shape index (κ2) is 5.45. The molecular formula is C13H22N4. The third-order valence-corrected chi connectivity index (χ3v) is 3.73. The highest BCUT2D eigenvalue weighted by molar-refractivity contribution is 5.48. The zero-order valence-electron chi connectivity index (χ0n) is 10.8. The number of anilines is 1. The van der Waals surface area contributed by atoms with Crippen LogP contribution in [0.1, 0.15) is 48.9 Å². The Morgan fingerprint density at radius 1 is 1.18 bits per heavy atom. The molecule has 1 saturated carbocycles. The lowest BCUT2D eigenvalue weighted by Gasteiger charge is -2.24. The van der Waals surface area contributed by atoms with Gasteiger partial charge in [-0.2, -0.15) is 5.10 Å². The molecule has 0 amide bonds. The molecule has 3 N–H and O–H groups in total. The molecule has 0 bridgehead atoms. The van der Waals surface area contributed by atoms with E-state index in [9.17, 15) is 0 Å². The summed E-state index contributed by atoms with van der Waals surface area (Å²) in [5.74, 6) is 0.891. The minimum atomic E-state index is 0.525. The van der Waals surface area contributed by atoms with Crippen LogP contribution < -0.4 is 11.1 Å². The number of hydrogen-bond acceptors (Lipinski definition) is 4. The fourth-order valence-electron chi connectivity index (χ4n) is 2.46. The molecule has 1 aromatic heterocycles. The van der Waals surface area contributed by atoms with Gasteiger partial charge in [-0.25, -0.2) is 0 Å². The van der Waals surface area contributed by atoms with Crippen LogP contribution >= 0.6 is 0 Å². The van der Waals surface area contributed by atoms with Gasteiger partial charge in [0.1, 0.15) is 0 Å². The molecule has 0 spiro atoms. The minimum Gasteiger partial charge on any atom is -0.366 e. The standard InChI is InChI=1S/C13H22N4/c1-9-10(2)16-17-13(12(9)8-14)15-11-6-4-3-5-7-11/h11H,3-8,14H2,1-2H3,(H,15,17). The van der Waals surface area contributed by atoms with Gasteiger partial charge in [0.15, 0.2) is 5.82 Å². The first-order chi connectivity index (χ1) is 8.22. The number of nitrogens with one attached hydrogen (secondary N) is 1. The van der Waals surface area contributed by atoms with Crippen molar-refractivity contribution in [2.75, 3.05) is 5.32 Å². The van der Waals surface area contributed by atoms with Crippen molar-refractivity contribution < 1.29 is 0 Å². The average Bonchev–Trinajstić information content (AvgIpc) is 2.36. The Morgan fingerprint density at radius 3 is 2.53 bits per heavy atom. The minimum absolute atomic E-state index is 0.525. The molecule has 2 rings (SSSR count). The molecule has 1 aliphatic carbocycles. The maximum Gasteiger partial charge on any atom is 0.153 e. The Balaban J connectivity index is 2.17. The first-order valence-electron chi connectivity index (χ1n) is 6.51. The second-order valence-electron chi connectivity index (χ2n) is 4.92. The predicted octanol–water partition coefficient (Wildman–Crippen LogP) is 2.30. The Hall–Kier alpha value is -1.16. The Labute approximate surface area is 103 Å². The third kappa shape index (κ3) is 2.75. The van der Waals surface area contributed by atoms with Crippen molar-refractivity contribution in [3.63, 3.8) is 0 Å². The lowest BCUT2D eigenvalue weighted by Crippen LogP contribution is -2.24. The largest absolute Gasteiger partial charge is 0.366 e. The van der Waals surface area contributed by atoms with Crippen LogP contribution in [0.4, 0.5) is 5.82 Å². The lowest BCUT2D eigenvalue weighted by atomic mass is 9.95. The van der Waals surface area contributed by atoms with E-state index in [1.54, 1.807) is 0 Å². The fourth-order valence-corrected chi connectivity index (χ4v) is 2.46. The van der Waals surface area contributed by atoms with E-state index in [1.807, 2.05) is 6.92 Å². The van der Waals surface area contributed by atoms with Crippen molar-refractivity contribution in [3.05, 3.63) is 16.8 Å². The number of nitrogens with two attached hydrogens (primary N) is 1. The molecule has 4 nitrogen and oxygen atoms in total. The molecule has 94 valence electrons. The number of rotatable bonds is 3. The maximum atomic E-state index is 5.82. The summed E-state index contributed by atoms with van der Waals surface area (Å²) in [7, 11) is 0. The number of aromatic nitrogens is 2. The molecule has 1 aromatic rings. The van der Waals surface area contributed by atoms with Crippen LogP contribution in [0, 0.1) is 13.8 Å². The van der Waals surface area contributed by atoms with Crippen LogP contribution in [0.2, 0.25) is 0 Å². The number of nitrogens with zero attached hydrogens (tertiary/aromatic N) is 2. The van der Waals surface area contributed by atoms with Crippen LogP contribution in [0.5, 0.6) is 0 Å². The molecule has 4 heteroatoms.